The Morgan fingerprint density at radius 2 is 2.14 bits per heavy atom. The minimum Gasteiger partial charge on any atom is -0.497 e. The highest BCUT2D eigenvalue weighted by Crippen LogP contribution is 2.29. The Labute approximate surface area is 129 Å². The van der Waals surface area contributed by atoms with Crippen LogP contribution in [-0.2, 0) is 5.41 Å². The summed E-state index contributed by atoms with van der Waals surface area (Å²) in [5.41, 5.74) is 1.60. The summed E-state index contributed by atoms with van der Waals surface area (Å²) in [6.07, 6.45) is 0. The van der Waals surface area contributed by atoms with E-state index in [9.17, 15) is 5.26 Å². The van der Waals surface area contributed by atoms with Gasteiger partial charge in [0.25, 0.3) is 0 Å². The third-order valence-electron chi connectivity index (χ3n) is 2.97. The second kappa shape index (κ2) is 6.15. The van der Waals surface area contributed by atoms with E-state index in [1.807, 2.05) is 29.6 Å². The Morgan fingerprint density at radius 3 is 2.71 bits per heavy atom. The summed E-state index contributed by atoms with van der Waals surface area (Å²) in [6, 6.07) is 9.32. The largest absolute Gasteiger partial charge is 0.497 e. The lowest BCUT2D eigenvalue weighted by molar-refractivity contribution is 0.415. The number of hydrogen-bond acceptors (Lipinski definition) is 5. The molecule has 4 nitrogen and oxygen atoms in total. The quantitative estimate of drug-likeness (QED) is 0.922. The molecule has 1 aromatic carbocycles. The lowest BCUT2D eigenvalue weighted by Crippen LogP contribution is -2.13. The molecular formula is C16H19N3OS. The lowest BCUT2D eigenvalue weighted by Gasteiger charge is -2.15. The van der Waals surface area contributed by atoms with Crippen LogP contribution in [0.2, 0.25) is 0 Å². The van der Waals surface area contributed by atoms with Crippen LogP contribution in [0.5, 0.6) is 5.75 Å². The zero-order valence-corrected chi connectivity index (χ0v) is 13.5. The molecule has 2 rings (SSSR count). The molecule has 0 aliphatic carbocycles. The summed E-state index contributed by atoms with van der Waals surface area (Å²) in [5.74, 6) is 0.755. The summed E-state index contributed by atoms with van der Waals surface area (Å²) >= 11 is 1.59. The van der Waals surface area contributed by atoms with Crippen LogP contribution in [0.25, 0.3) is 0 Å². The first-order chi connectivity index (χ1) is 9.94. The smallest absolute Gasteiger partial charge is 0.158 e. The fourth-order valence-corrected chi connectivity index (χ4v) is 2.75. The Bertz CT molecular complexity index is 652. The van der Waals surface area contributed by atoms with Crippen LogP contribution in [0.3, 0.4) is 0 Å². The van der Waals surface area contributed by atoms with Crippen LogP contribution >= 0.6 is 11.3 Å². The number of anilines is 1. The molecular weight excluding hydrogens is 282 g/mol. The second-order valence-corrected chi connectivity index (χ2v) is 6.62. The van der Waals surface area contributed by atoms with Gasteiger partial charge in [-0.15, -0.1) is 11.3 Å². The normalized spacial score (nSPS) is 12.5. The molecule has 0 aliphatic rings. The SMILES string of the molecule is COc1cccc(NC(C#N)c2csc(C(C)(C)C)n2)c1. The second-order valence-electron chi connectivity index (χ2n) is 5.77. The standard InChI is InChI=1S/C16H19N3OS/c1-16(2,3)15-19-14(10-21-15)13(9-17)18-11-6-5-7-12(8-11)20-4/h5-8,10,13,18H,1-4H3. The lowest BCUT2D eigenvalue weighted by atomic mass is 9.98. The number of methoxy groups -OCH3 is 1. The average Bonchev–Trinajstić information content (AvgIpc) is 2.94. The molecule has 0 radical (unpaired) electrons. The van der Waals surface area contributed by atoms with Gasteiger partial charge in [-0.2, -0.15) is 5.26 Å². The van der Waals surface area contributed by atoms with Crippen LogP contribution in [0.1, 0.15) is 37.5 Å². The Balaban J connectivity index is 2.20. The van der Waals surface area contributed by atoms with E-state index in [2.05, 4.69) is 37.1 Å². The number of ether oxygens (including phenoxy) is 1. The molecule has 1 atom stereocenters. The van der Waals surface area contributed by atoms with Crippen LogP contribution in [-0.4, -0.2) is 12.1 Å². The summed E-state index contributed by atoms with van der Waals surface area (Å²) in [7, 11) is 1.62. The summed E-state index contributed by atoms with van der Waals surface area (Å²) in [6.45, 7) is 6.35. The molecule has 0 saturated heterocycles. The van der Waals surface area contributed by atoms with Crippen LogP contribution < -0.4 is 10.1 Å². The fraction of sp³-hybridized carbons (Fsp3) is 0.375. The first-order valence-electron chi connectivity index (χ1n) is 6.70. The van der Waals surface area contributed by atoms with Crippen molar-refractivity contribution in [3.05, 3.63) is 40.3 Å². The fourth-order valence-electron chi connectivity index (χ4n) is 1.82. The van der Waals surface area contributed by atoms with Crippen molar-refractivity contribution in [2.24, 2.45) is 0 Å². The molecule has 21 heavy (non-hydrogen) atoms. The number of benzene rings is 1. The first-order valence-corrected chi connectivity index (χ1v) is 7.58. The predicted octanol–water partition coefficient (Wildman–Crippen LogP) is 4.13. The minimum absolute atomic E-state index is 0.00110. The number of nitrogens with zero attached hydrogens (tertiary/aromatic N) is 2. The maximum atomic E-state index is 9.40. The highest BCUT2D eigenvalue weighted by Gasteiger charge is 2.21. The van der Waals surface area contributed by atoms with Crippen molar-refractivity contribution >= 4 is 17.0 Å². The van der Waals surface area contributed by atoms with Gasteiger partial charge in [0, 0.05) is 22.5 Å². The number of rotatable bonds is 4. The molecule has 0 bridgehead atoms. The third kappa shape index (κ3) is 3.73. The van der Waals surface area contributed by atoms with Gasteiger partial charge >= 0.3 is 0 Å². The third-order valence-corrected chi connectivity index (χ3v) is 4.26. The van der Waals surface area contributed by atoms with Gasteiger partial charge in [-0.25, -0.2) is 4.98 Å². The minimum atomic E-state index is -0.468. The van der Waals surface area contributed by atoms with Gasteiger partial charge < -0.3 is 10.1 Å². The van der Waals surface area contributed by atoms with Crippen LogP contribution in [0.4, 0.5) is 5.69 Å². The Kier molecular flexibility index (Phi) is 4.49. The number of hydrogen-bond donors (Lipinski definition) is 1. The molecule has 5 heteroatoms. The van der Waals surface area contributed by atoms with Gasteiger partial charge in [0.1, 0.15) is 5.75 Å². The molecule has 1 heterocycles. The van der Waals surface area contributed by atoms with Gasteiger partial charge in [-0.3, -0.25) is 0 Å². The Morgan fingerprint density at radius 1 is 1.38 bits per heavy atom. The molecule has 0 spiro atoms. The van der Waals surface area contributed by atoms with E-state index in [1.54, 1.807) is 18.4 Å². The van der Waals surface area contributed by atoms with Crippen molar-refractivity contribution in [2.75, 3.05) is 12.4 Å². The molecule has 1 aromatic heterocycles. The van der Waals surface area contributed by atoms with Gasteiger partial charge in [0.15, 0.2) is 6.04 Å². The molecule has 0 amide bonds. The molecule has 0 fully saturated rings. The van der Waals surface area contributed by atoms with Gasteiger partial charge in [0.05, 0.1) is 23.9 Å². The van der Waals surface area contributed by atoms with Crippen molar-refractivity contribution in [1.29, 1.82) is 5.26 Å². The highest BCUT2D eigenvalue weighted by molar-refractivity contribution is 7.09. The monoisotopic (exact) mass is 301 g/mol. The van der Waals surface area contributed by atoms with E-state index in [4.69, 9.17) is 4.74 Å². The van der Waals surface area contributed by atoms with Crippen molar-refractivity contribution in [2.45, 2.75) is 32.2 Å². The van der Waals surface area contributed by atoms with E-state index < -0.39 is 6.04 Å². The molecule has 0 aliphatic heterocycles. The van der Waals surface area contributed by atoms with Crippen molar-refractivity contribution in [3.8, 4) is 11.8 Å². The Hall–Kier alpha value is -2.06. The van der Waals surface area contributed by atoms with Gasteiger partial charge in [0.2, 0.25) is 0 Å². The molecule has 2 aromatic rings. The van der Waals surface area contributed by atoms with E-state index in [0.717, 1.165) is 22.1 Å². The first kappa shape index (κ1) is 15.3. The van der Waals surface area contributed by atoms with E-state index in [0.29, 0.717) is 0 Å². The van der Waals surface area contributed by atoms with E-state index in [-0.39, 0.29) is 5.41 Å². The van der Waals surface area contributed by atoms with E-state index >= 15 is 0 Å². The zero-order valence-electron chi connectivity index (χ0n) is 12.7. The van der Waals surface area contributed by atoms with Gasteiger partial charge in [-0.05, 0) is 12.1 Å². The molecule has 110 valence electrons. The molecule has 0 saturated carbocycles. The number of nitrogens with one attached hydrogen (secondary N) is 1. The van der Waals surface area contributed by atoms with Crippen LogP contribution in [0.15, 0.2) is 29.6 Å². The van der Waals surface area contributed by atoms with Crippen LogP contribution in [0, 0.1) is 11.3 Å². The zero-order chi connectivity index (χ0) is 15.5. The highest BCUT2D eigenvalue weighted by atomic mass is 32.1. The summed E-state index contributed by atoms with van der Waals surface area (Å²) in [5, 5.41) is 15.6. The predicted molar refractivity (Wildman–Crippen MR) is 85.8 cm³/mol. The maximum absolute atomic E-state index is 9.40. The topological polar surface area (TPSA) is 57.9 Å². The van der Waals surface area contributed by atoms with Gasteiger partial charge in [-0.1, -0.05) is 26.8 Å². The number of aromatic nitrogens is 1. The molecule has 1 N–H and O–H groups in total. The number of thiazole rings is 1. The number of nitriles is 1. The van der Waals surface area contributed by atoms with Crippen molar-refractivity contribution in [1.82, 2.24) is 4.98 Å². The average molecular weight is 301 g/mol. The van der Waals surface area contributed by atoms with E-state index in [1.165, 1.54) is 0 Å². The summed E-state index contributed by atoms with van der Waals surface area (Å²) in [4.78, 5) is 4.59. The summed E-state index contributed by atoms with van der Waals surface area (Å²) < 4.78 is 5.19. The van der Waals surface area contributed by atoms with Crippen molar-refractivity contribution < 1.29 is 4.74 Å². The maximum Gasteiger partial charge on any atom is 0.158 e. The molecule has 1 unspecified atom stereocenters. The van der Waals surface area contributed by atoms with Crippen molar-refractivity contribution in [3.63, 3.8) is 0 Å².